The van der Waals surface area contributed by atoms with Crippen molar-refractivity contribution < 1.29 is 47.5 Å². The monoisotopic (exact) mass is 912 g/mol. The molecule has 3 atom stereocenters. The number of unbranched alkanes of at least 4 members (excludes halogenated alkanes) is 28. The van der Waals surface area contributed by atoms with E-state index in [-0.39, 0.29) is 19.4 Å². The first-order valence-corrected chi connectivity index (χ1v) is 27.0. The van der Waals surface area contributed by atoms with Crippen LogP contribution in [0.15, 0.2) is 36.5 Å². The Bertz CT molecular complexity index is 1210. The molecule has 0 aromatic heterocycles. The lowest BCUT2D eigenvalue weighted by atomic mass is 10.0. The maximum absolute atomic E-state index is 12.7. The van der Waals surface area contributed by atoms with E-state index in [1.165, 1.54) is 128 Å². The lowest BCUT2D eigenvalue weighted by Gasteiger charge is -2.20. The van der Waals surface area contributed by atoms with E-state index in [1.54, 1.807) is 0 Å². The van der Waals surface area contributed by atoms with Crippen LogP contribution in [0.25, 0.3) is 0 Å². The van der Waals surface area contributed by atoms with Crippen molar-refractivity contribution in [2.45, 2.75) is 251 Å². The minimum absolute atomic E-state index is 0.148. The van der Waals surface area contributed by atoms with Gasteiger partial charge in [0.1, 0.15) is 12.6 Å². The Morgan fingerprint density at radius 3 is 1.29 bits per heavy atom. The second-order valence-electron chi connectivity index (χ2n) is 17.3. The van der Waals surface area contributed by atoms with Crippen molar-refractivity contribution in [2.24, 2.45) is 5.73 Å². The molecule has 0 rings (SSSR count). The average Bonchev–Trinajstić information content (AvgIpc) is 3.26. The predicted molar refractivity (Wildman–Crippen MR) is 259 cm³/mol. The molecule has 0 bridgehead atoms. The molecule has 12 heteroatoms. The Morgan fingerprint density at radius 2 is 0.841 bits per heavy atom. The van der Waals surface area contributed by atoms with E-state index in [0.29, 0.717) is 12.8 Å². The summed E-state index contributed by atoms with van der Waals surface area (Å²) in [6.45, 7) is 2.80. The zero-order valence-electron chi connectivity index (χ0n) is 40.2. The molecule has 0 fully saturated rings. The first kappa shape index (κ1) is 60.7. The highest BCUT2D eigenvalue weighted by Gasteiger charge is 2.28. The third-order valence-corrected chi connectivity index (χ3v) is 12.1. The van der Waals surface area contributed by atoms with E-state index in [2.05, 4.69) is 54.8 Å². The molecule has 0 aliphatic rings. The highest BCUT2D eigenvalue weighted by atomic mass is 31.2. The third-order valence-electron chi connectivity index (χ3n) is 11.1. The number of carboxylic acids is 1. The van der Waals surface area contributed by atoms with Crippen molar-refractivity contribution in [1.29, 1.82) is 0 Å². The molecule has 0 aliphatic heterocycles. The van der Waals surface area contributed by atoms with Gasteiger partial charge in [0.2, 0.25) is 0 Å². The Labute approximate surface area is 384 Å². The largest absolute Gasteiger partial charge is 0.480 e. The molecule has 0 aromatic carbocycles. The zero-order chi connectivity index (χ0) is 46.3. The normalized spacial score (nSPS) is 13.8. The fourth-order valence-electron chi connectivity index (χ4n) is 7.13. The Hall–Kier alpha value is -2.30. The van der Waals surface area contributed by atoms with Gasteiger partial charge in [-0.05, 0) is 51.4 Å². The summed E-state index contributed by atoms with van der Waals surface area (Å²) in [5.41, 5.74) is 5.35. The number of allylic oxidation sites excluding steroid dienone is 6. The second-order valence-corrected chi connectivity index (χ2v) is 18.8. The molecule has 3 unspecified atom stereocenters. The van der Waals surface area contributed by atoms with Crippen molar-refractivity contribution in [3.8, 4) is 0 Å². The number of ether oxygens (including phenoxy) is 2. The quantitative estimate of drug-likeness (QED) is 0.0230. The summed E-state index contributed by atoms with van der Waals surface area (Å²) in [5.74, 6) is -2.38. The molecular formula is C51H94NO10P. The molecule has 0 amide bonds. The van der Waals surface area contributed by atoms with E-state index < -0.39 is 51.1 Å². The van der Waals surface area contributed by atoms with Crippen molar-refractivity contribution in [3.63, 3.8) is 0 Å². The smallest absolute Gasteiger partial charge is 0.472 e. The molecule has 368 valence electrons. The minimum Gasteiger partial charge on any atom is -0.480 e. The SMILES string of the molecule is CCCCC/C=C\C/C=C\C/C=C\CCCCCCCCC(=O)OC(COC(=O)CCCCCCCCCCCCCCCCCCCCCC)COP(=O)(O)OCC(N)C(=O)O. The van der Waals surface area contributed by atoms with Crippen LogP contribution in [0.4, 0.5) is 0 Å². The van der Waals surface area contributed by atoms with Crippen LogP contribution < -0.4 is 5.73 Å². The van der Waals surface area contributed by atoms with Crippen molar-refractivity contribution in [3.05, 3.63) is 36.5 Å². The summed E-state index contributed by atoms with van der Waals surface area (Å²) < 4.78 is 32.8. The number of nitrogens with two attached hydrogens (primary N) is 1. The van der Waals surface area contributed by atoms with Gasteiger partial charge in [-0.2, -0.15) is 0 Å². The maximum Gasteiger partial charge on any atom is 0.472 e. The summed E-state index contributed by atoms with van der Waals surface area (Å²) in [6.07, 6.45) is 52.0. The van der Waals surface area contributed by atoms with E-state index in [0.717, 1.165) is 70.6 Å². The van der Waals surface area contributed by atoms with Crippen LogP contribution in [-0.2, 0) is 37.5 Å². The standard InChI is InChI=1S/C51H94NO10P/c1-3-5-7-9-11-13-15-17-19-21-23-25-26-28-30-32-34-36-38-40-42-49(53)59-44-47(45-60-63(57,58)61-46-48(52)51(55)56)62-50(54)43-41-39-37-35-33-31-29-27-24-22-20-18-16-14-12-10-8-6-4-2/h12,14,18,20,24,27,47-48H,3-11,13,15-17,19,21-23,25-26,28-46,52H2,1-2H3,(H,55,56)(H,57,58)/b14-12-,20-18-,27-24-. The number of esters is 2. The van der Waals surface area contributed by atoms with Crippen LogP contribution in [-0.4, -0.2) is 59.9 Å². The summed E-state index contributed by atoms with van der Waals surface area (Å²) in [4.78, 5) is 46.2. The fraction of sp³-hybridized carbons (Fsp3) is 0.824. The fourth-order valence-corrected chi connectivity index (χ4v) is 7.91. The second kappa shape index (κ2) is 46.2. The van der Waals surface area contributed by atoms with Gasteiger partial charge in [0.05, 0.1) is 13.2 Å². The number of carbonyl (C=O) groups excluding carboxylic acids is 2. The summed E-state index contributed by atoms with van der Waals surface area (Å²) in [7, 11) is -4.72. The van der Waals surface area contributed by atoms with Crippen molar-refractivity contribution in [2.75, 3.05) is 19.8 Å². The number of carboxylic acid groups (broad SMARTS) is 1. The lowest BCUT2D eigenvalue weighted by Crippen LogP contribution is -2.34. The van der Waals surface area contributed by atoms with Crippen molar-refractivity contribution in [1.82, 2.24) is 0 Å². The van der Waals surface area contributed by atoms with Crippen LogP contribution in [0, 0.1) is 0 Å². The van der Waals surface area contributed by atoms with E-state index in [4.69, 9.17) is 24.8 Å². The van der Waals surface area contributed by atoms with Crippen LogP contribution in [0.3, 0.4) is 0 Å². The Balaban J connectivity index is 4.26. The third kappa shape index (κ3) is 46.0. The first-order valence-electron chi connectivity index (χ1n) is 25.5. The molecule has 0 saturated carbocycles. The van der Waals surface area contributed by atoms with Gasteiger partial charge in [0, 0.05) is 12.8 Å². The Kier molecular flexibility index (Phi) is 44.5. The van der Waals surface area contributed by atoms with Gasteiger partial charge in [-0.25, -0.2) is 4.57 Å². The van der Waals surface area contributed by atoms with Crippen LogP contribution >= 0.6 is 7.82 Å². The van der Waals surface area contributed by atoms with Crippen LogP contribution in [0.2, 0.25) is 0 Å². The molecule has 11 nitrogen and oxygen atoms in total. The highest BCUT2D eigenvalue weighted by molar-refractivity contribution is 7.47. The molecule has 0 aromatic rings. The topological polar surface area (TPSA) is 172 Å². The molecule has 0 saturated heterocycles. The number of phosphoric acid groups is 1. The Morgan fingerprint density at radius 1 is 0.492 bits per heavy atom. The number of carbonyl (C=O) groups is 3. The molecule has 0 radical (unpaired) electrons. The average molecular weight is 912 g/mol. The van der Waals surface area contributed by atoms with Gasteiger partial charge in [0.25, 0.3) is 0 Å². The number of hydrogen-bond acceptors (Lipinski definition) is 9. The van der Waals surface area contributed by atoms with E-state index in [9.17, 15) is 23.8 Å². The maximum atomic E-state index is 12.7. The lowest BCUT2D eigenvalue weighted by molar-refractivity contribution is -0.161. The molecule has 4 N–H and O–H groups in total. The van der Waals surface area contributed by atoms with E-state index in [1.807, 2.05) is 0 Å². The number of rotatable bonds is 48. The van der Waals surface area contributed by atoms with Gasteiger partial charge < -0.3 is 25.2 Å². The van der Waals surface area contributed by atoms with Gasteiger partial charge >= 0.3 is 25.7 Å². The molecule has 0 aliphatic carbocycles. The first-order chi connectivity index (χ1) is 30.6. The molecule has 0 spiro atoms. The highest BCUT2D eigenvalue weighted by Crippen LogP contribution is 2.43. The van der Waals surface area contributed by atoms with Gasteiger partial charge in [0.15, 0.2) is 6.10 Å². The molecule has 0 heterocycles. The van der Waals surface area contributed by atoms with E-state index >= 15 is 0 Å². The van der Waals surface area contributed by atoms with Crippen molar-refractivity contribution >= 4 is 25.7 Å². The van der Waals surface area contributed by atoms with Crippen LogP contribution in [0.5, 0.6) is 0 Å². The molecular weight excluding hydrogens is 818 g/mol. The summed E-state index contributed by atoms with van der Waals surface area (Å²) >= 11 is 0. The number of phosphoric ester groups is 1. The molecule has 63 heavy (non-hydrogen) atoms. The summed E-state index contributed by atoms with van der Waals surface area (Å²) in [5, 5.41) is 8.92. The van der Waals surface area contributed by atoms with Gasteiger partial charge in [-0.1, -0.05) is 211 Å². The predicted octanol–water partition coefficient (Wildman–Crippen LogP) is 14.3. The number of aliphatic carboxylic acids is 1. The van der Waals surface area contributed by atoms with Gasteiger partial charge in [-0.3, -0.25) is 23.4 Å². The minimum atomic E-state index is -4.72. The van der Waals surface area contributed by atoms with Crippen LogP contribution in [0.1, 0.15) is 239 Å². The van der Waals surface area contributed by atoms with Gasteiger partial charge in [-0.15, -0.1) is 0 Å². The zero-order valence-corrected chi connectivity index (χ0v) is 41.1. The summed E-state index contributed by atoms with van der Waals surface area (Å²) in [6, 6.07) is -1.52. The number of hydrogen-bond donors (Lipinski definition) is 3.